The van der Waals surface area contributed by atoms with Gasteiger partial charge in [-0.2, -0.15) is 0 Å². The van der Waals surface area contributed by atoms with E-state index in [2.05, 4.69) is 17.0 Å². The molecule has 3 heteroatoms. The van der Waals surface area contributed by atoms with Crippen molar-refractivity contribution in [2.24, 2.45) is 5.92 Å². The molecule has 2 aliphatic rings. The van der Waals surface area contributed by atoms with Crippen molar-refractivity contribution in [1.82, 2.24) is 9.80 Å². The summed E-state index contributed by atoms with van der Waals surface area (Å²) in [4.78, 5) is 16.4. The molecule has 1 heterocycles. The number of amides is 1. The van der Waals surface area contributed by atoms with Gasteiger partial charge in [0.25, 0.3) is 0 Å². The van der Waals surface area contributed by atoms with E-state index in [4.69, 9.17) is 0 Å². The molecule has 3 rings (SSSR count). The Balaban J connectivity index is 1.54. The fourth-order valence-corrected chi connectivity index (χ4v) is 2.55. The molecule has 2 fully saturated rings. The molecule has 1 saturated carbocycles. The van der Waals surface area contributed by atoms with Crippen molar-refractivity contribution in [3.8, 4) is 0 Å². The number of rotatable bonds is 4. The van der Waals surface area contributed by atoms with Crippen molar-refractivity contribution in [3.63, 3.8) is 0 Å². The molecule has 0 spiro atoms. The number of hydrogen-bond donors (Lipinski definition) is 0. The first-order chi connectivity index (χ1) is 8.81. The van der Waals surface area contributed by atoms with Gasteiger partial charge in [0.2, 0.25) is 5.91 Å². The average Bonchev–Trinajstić information content (AvgIpc) is 3.18. The Morgan fingerprint density at radius 3 is 2.56 bits per heavy atom. The molecule has 1 aliphatic carbocycles. The molecule has 0 radical (unpaired) electrons. The first kappa shape index (κ1) is 11.7. The van der Waals surface area contributed by atoms with Crippen LogP contribution in [0.4, 0.5) is 0 Å². The van der Waals surface area contributed by atoms with E-state index in [1.54, 1.807) is 0 Å². The maximum Gasteiger partial charge on any atom is 0.237 e. The summed E-state index contributed by atoms with van der Waals surface area (Å²) in [6, 6.07) is 10.2. The van der Waals surface area contributed by atoms with E-state index in [0.29, 0.717) is 6.54 Å². The molecule has 1 amide bonds. The second-order valence-electron chi connectivity index (χ2n) is 5.48. The van der Waals surface area contributed by atoms with E-state index in [1.165, 1.54) is 18.4 Å². The van der Waals surface area contributed by atoms with Gasteiger partial charge in [0, 0.05) is 26.2 Å². The lowest BCUT2D eigenvalue weighted by Gasteiger charge is -2.34. The predicted octanol–water partition coefficient (Wildman–Crippen LogP) is 1.74. The zero-order valence-corrected chi connectivity index (χ0v) is 10.7. The number of carbonyl (C=O) groups excluding carboxylic acids is 1. The molecule has 0 aromatic heterocycles. The Kier molecular flexibility index (Phi) is 3.33. The largest absolute Gasteiger partial charge is 0.336 e. The van der Waals surface area contributed by atoms with Gasteiger partial charge in [-0.25, -0.2) is 0 Å². The van der Waals surface area contributed by atoms with Crippen LogP contribution in [0.5, 0.6) is 0 Å². The van der Waals surface area contributed by atoms with Crippen LogP contribution in [-0.2, 0) is 11.3 Å². The van der Waals surface area contributed by atoms with Crippen LogP contribution in [0.1, 0.15) is 18.4 Å². The molecule has 96 valence electrons. The van der Waals surface area contributed by atoms with E-state index in [9.17, 15) is 4.79 Å². The minimum Gasteiger partial charge on any atom is -0.336 e. The van der Waals surface area contributed by atoms with Crippen LogP contribution in [0, 0.1) is 5.92 Å². The molecule has 1 aromatic rings. The molecule has 1 aliphatic heterocycles. The zero-order valence-electron chi connectivity index (χ0n) is 10.7. The maximum absolute atomic E-state index is 12.1. The van der Waals surface area contributed by atoms with Gasteiger partial charge in [-0.1, -0.05) is 30.3 Å². The predicted molar refractivity (Wildman–Crippen MR) is 71.0 cm³/mol. The zero-order chi connectivity index (χ0) is 12.4. The van der Waals surface area contributed by atoms with Gasteiger partial charge in [0.15, 0.2) is 0 Å². The molecule has 1 saturated heterocycles. The summed E-state index contributed by atoms with van der Waals surface area (Å²) in [5, 5.41) is 0. The molecule has 1 aromatic carbocycles. The minimum absolute atomic E-state index is 0.283. The average molecular weight is 244 g/mol. The summed E-state index contributed by atoms with van der Waals surface area (Å²) in [5.41, 5.74) is 1.22. The van der Waals surface area contributed by atoms with E-state index >= 15 is 0 Å². The van der Waals surface area contributed by atoms with E-state index < -0.39 is 0 Å². The van der Waals surface area contributed by atoms with Gasteiger partial charge in [-0.15, -0.1) is 0 Å². The highest BCUT2D eigenvalue weighted by molar-refractivity contribution is 5.79. The number of piperazine rings is 1. The quantitative estimate of drug-likeness (QED) is 0.805. The van der Waals surface area contributed by atoms with Crippen molar-refractivity contribution in [2.45, 2.75) is 19.4 Å². The third-order valence-corrected chi connectivity index (χ3v) is 3.83. The third kappa shape index (κ3) is 2.91. The highest BCUT2D eigenvalue weighted by Gasteiger charge is 2.29. The van der Waals surface area contributed by atoms with Crippen LogP contribution < -0.4 is 0 Å². The fourth-order valence-electron chi connectivity index (χ4n) is 2.55. The minimum atomic E-state index is 0.283. The van der Waals surface area contributed by atoms with Crippen molar-refractivity contribution in [3.05, 3.63) is 35.9 Å². The maximum atomic E-state index is 12.1. The van der Waals surface area contributed by atoms with Gasteiger partial charge in [-0.3, -0.25) is 9.69 Å². The Morgan fingerprint density at radius 2 is 1.89 bits per heavy atom. The van der Waals surface area contributed by atoms with Gasteiger partial charge in [-0.05, 0) is 24.3 Å². The van der Waals surface area contributed by atoms with Crippen molar-refractivity contribution < 1.29 is 4.79 Å². The Hall–Kier alpha value is -1.35. The number of hydrogen-bond acceptors (Lipinski definition) is 2. The highest BCUT2D eigenvalue weighted by Crippen LogP contribution is 2.30. The highest BCUT2D eigenvalue weighted by atomic mass is 16.2. The normalized spacial score (nSPS) is 21.3. The van der Waals surface area contributed by atoms with Crippen LogP contribution in [-0.4, -0.2) is 41.9 Å². The van der Waals surface area contributed by atoms with Gasteiger partial charge >= 0.3 is 0 Å². The summed E-state index contributed by atoms with van der Waals surface area (Å²) < 4.78 is 0. The number of nitrogens with zero attached hydrogens (tertiary/aromatic N) is 2. The summed E-state index contributed by atoms with van der Waals surface area (Å²) >= 11 is 0. The molecule has 0 bridgehead atoms. The van der Waals surface area contributed by atoms with E-state index in [0.717, 1.165) is 32.1 Å². The molecule has 0 atom stereocenters. The number of carbonyl (C=O) groups is 1. The van der Waals surface area contributed by atoms with Crippen LogP contribution in [0.3, 0.4) is 0 Å². The first-order valence-electron chi connectivity index (χ1n) is 6.85. The standard InChI is InChI=1S/C15H20N2O/c18-15-12-16(10-14-6-7-14)8-9-17(15)11-13-4-2-1-3-5-13/h1-5,14H,6-12H2. The summed E-state index contributed by atoms with van der Waals surface area (Å²) in [5.74, 6) is 1.16. The molecule has 18 heavy (non-hydrogen) atoms. The van der Waals surface area contributed by atoms with Gasteiger partial charge in [0.05, 0.1) is 6.54 Å². The van der Waals surface area contributed by atoms with Crippen LogP contribution in [0.2, 0.25) is 0 Å². The van der Waals surface area contributed by atoms with Crippen LogP contribution in [0.15, 0.2) is 30.3 Å². The third-order valence-electron chi connectivity index (χ3n) is 3.83. The summed E-state index contributed by atoms with van der Waals surface area (Å²) in [6.07, 6.45) is 2.72. The lowest BCUT2D eigenvalue weighted by atomic mass is 10.2. The summed E-state index contributed by atoms with van der Waals surface area (Å²) in [7, 11) is 0. The molecular formula is C15H20N2O. The topological polar surface area (TPSA) is 23.6 Å². The van der Waals surface area contributed by atoms with Crippen LogP contribution >= 0.6 is 0 Å². The summed E-state index contributed by atoms with van der Waals surface area (Å²) in [6.45, 7) is 4.42. The fraction of sp³-hybridized carbons (Fsp3) is 0.533. The Labute approximate surface area is 108 Å². The van der Waals surface area contributed by atoms with E-state index in [1.807, 2.05) is 23.1 Å². The molecule has 0 N–H and O–H groups in total. The van der Waals surface area contributed by atoms with Crippen molar-refractivity contribution >= 4 is 5.91 Å². The molecule has 3 nitrogen and oxygen atoms in total. The second-order valence-corrected chi connectivity index (χ2v) is 5.48. The first-order valence-corrected chi connectivity index (χ1v) is 6.85. The molecule has 0 unspecified atom stereocenters. The second kappa shape index (κ2) is 5.11. The lowest BCUT2D eigenvalue weighted by Crippen LogP contribution is -2.50. The van der Waals surface area contributed by atoms with E-state index in [-0.39, 0.29) is 5.91 Å². The SMILES string of the molecule is O=C1CN(CC2CC2)CCN1Cc1ccccc1. The smallest absolute Gasteiger partial charge is 0.237 e. The van der Waals surface area contributed by atoms with Crippen LogP contribution in [0.25, 0.3) is 0 Å². The van der Waals surface area contributed by atoms with Crippen molar-refractivity contribution in [1.29, 1.82) is 0 Å². The number of benzene rings is 1. The van der Waals surface area contributed by atoms with Gasteiger partial charge in [0.1, 0.15) is 0 Å². The molecular weight excluding hydrogens is 224 g/mol. The lowest BCUT2D eigenvalue weighted by molar-refractivity contribution is -0.136. The Bertz CT molecular complexity index is 414. The Morgan fingerprint density at radius 1 is 1.11 bits per heavy atom. The van der Waals surface area contributed by atoms with Gasteiger partial charge < -0.3 is 4.90 Å². The van der Waals surface area contributed by atoms with Crippen molar-refractivity contribution in [2.75, 3.05) is 26.2 Å². The monoisotopic (exact) mass is 244 g/mol.